The van der Waals surface area contributed by atoms with Crippen molar-refractivity contribution in [1.29, 1.82) is 0 Å². The molecule has 0 unspecified atom stereocenters. The van der Waals surface area contributed by atoms with Crippen LogP contribution >= 0.6 is 0 Å². The molecule has 4 heteroatoms. The molecule has 0 aliphatic carbocycles. The maximum Gasteiger partial charge on any atom is 0.461 e. The monoisotopic (exact) mass is 358 g/mol. The van der Waals surface area contributed by atoms with E-state index in [-0.39, 0.29) is 18.3 Å². The normalized spacial score (nSPS) is 20.1. The molecule has 2 rings (SSSR count). The largest absolute Gasteiger partial charge is 0.461 e. The van der Waals surface area contributed by atoms with Crippen LogP contribution in [0, 0.1) is 0 Å². The molecule has 25 heavy (non-hydrogen) atoms. The Balaban J connectivity index is 2.24. The smallest absolute Gasteiger partial charge is 0.403 e. The van der Waals surface area contributed by atoms with E-state index in [9.17, 15) is 0 Å². The fourth-order valence-corrected chi connectivity index (χ4v) is 6.07. The van der Waals surface area contributed by atoms with Gasteiger partial charge in [-0.25, -0.2) is 0 Å². The van der Waals surface area contributed by atoms with Gasteiger partial charge in [-0.3, -0.25) is 0 Å². The van der Waals surface area contributed by atoms with E-state index in [2.05, 4.69) is 84.1 Å². The van der Waals surface area contributed by atoms with Gasteiger partial charge in [-0.1, -0.05) is 79.7 Å². The van der Waals surface area contributed by atoms with Crippen LogP contribution in [0.5, 0.6) is 0 Å². The highest BCUT2D eigenvalue weighted by molar-refractivity contribution is 6.96. The van der Waals surface area contributed by atoms with E-state index in [0.29, 0.717) is 0 Å². The van der Waals surface area contributed by atoms with Gasteiger partial charge in [-0.2, -0.15) is 0 Å². The van der Waals surface area contributed by atoms with Crippen molar-refractivity contribution in [2.24, 2.45) is 0 Å². The zero-order valence-corrected chi connectivity index (χ0v) is 18.2. The van der Waals surface area contributed by atoms with E-state index in [4.69, 9.17) is 9.31 Å². The van der Waals surface area contributed by atoms with Gasteiger partial charge in [0.15, 0.2) is 0 Å². The van der Waals surface area contributed by atoms with Gasteiger partial charge in [-0.05, 0) is 34.1 Å². The number of allylic oxidation sites excluding steroid dienone is 2. The maximum absolute atomic E-state index is 6.29. The van der Waals surface area contributed by atoms with Crippen LogP contribution in [0.3, 0.4) is 0 Å². The molecule has 1 aromatic carbocycles. The molecule has 1 saturated heterocycles. The molecule has 1 aliphatic heterocycles. The van der Waals surface area contributed by atoms with E-state index in [1.165, 1.54) is 18.0 Å². The summed E-state index contributed by atoms with van der Waals surface area (Å²) in [6.07, 6.45) is 6.98. The van der Waals surface area contributed by atoms with Crippen LogP contribution in [0.1, 0.15) is 53.9 Å². The second-order valence-corrected chi connectivity index (χ2v) is 13.2. The van der Waals surface area contributed by atoms with Crippen LogP contribution in [-0.4, -0.2) is 26.4 Å². The van der Waals surface area contributed by atoms with E-state index in [1.807, 2.05) is 0 Å². The second-order valence-electron chi connectivity index (χ2n) is 8.75. The lowest BCUT2D eigenvalue weighted by Crippen LogP contribution is -2.45. The van der Waals surface area contributed by atoms with Crippen LogP contribution in [0.25, 0.3) is 0 Å². The Morgan fingerprint density at radius 2 is 1.60 bits per heavy atom. The van der Waals surface area contributed by atoms with Crippen LogP contribution in [0.4, 0.5) is 0 Å². The van der Waals surface area contributed by atoms with Crippen molar-refractivity contribution < 1.29 is 9.31 Å². The molecular formula is C21H35BO2Si. The Bertz CT molecular complexity index is 577. The molecule has 0 bridgehead atoms. The fourth-order valence-electron chi connectivity index (χ4n) is 3.34. The van der Waals surface area contributed by atoms with Crippen molar-refractivity contribution in [2.75, 3.05) is 0 Å². The topological polar surface area (TPSA) is 18.5 Å². The molecule has 1 heterocycles. The first kappa shape index (κ1) is 20.5. The summed E-state index contributed by atoms with van der Waals surface area (Å²) in [5, 5.41) is 3.03. The third kappa shape index (κ3) is 4.66. The van der Waals surface area contributed by atoms with Crippen molar-refractivity contribution in [3.05, 3.63) is 41.6 Å². The predicted molar refractivity (Wildman–Crippen MR) is 112 cm³/mol. The van der Waals surface area contributed by atoms with Gasteiger partial charge in [0.2, 0.25) is 0 Å². The second kappa shape index (κ2) is 7.81. The van der Waals surface area contributed by atoms with Crippen molar-refractivity contribution in [3.63, 3.8) is 0 Å². The molecule has 138 valence electrons. The standard InChI is InChI=1S/C21H35BO2Si/c1-8-9-11-16-19(25(6,7)18-14-12-10-13-15-18)17-22-23-20(2,3)21(4,5)24-22/h10,12-16H,8-9,11,17H2,1-7H3/b19-16-. The van der Waals surface area contributed by atoms with Gasteiger partial charge in [0.05, 0.1) is 11.2 Å². The average Bonchev–Trinajstić information content (AvgIpc) is 2.74. The molecule has 0 radical (unpaired) electrons. The Morgan fingerprint density at radius 3 is 2.12 bits per heavy atom. The summed E-state index contributed by atoms with van der Waals surface area (Å²) in [7, 11) is -1.86. The highest BCUT2D eigenvalue weighted by atomic mass is 28.3. The summed E-state index contributed by atoms with van der Waals surface area (Å²) in [5.41, 5.74) is -0.519. The maximum atomic E-state index is 6.29. The van der Waals surface area contributed by atoms with Crippen LogP contribution in [0.2, 0.25) is 19.4 Å². The molecule has 0 amide bonds. The van der Waals surface area contributed by atoms with Crippen LogP contribution in [0.15, 0.2) is 41.6 Å². The first-order valence-corrected chi connectivity index (χ1v) is 12.7. The molecule has 1 aliphatic rings. The first-order chi connectivity index (χ1) is 11.6. The average molecular weight is 358 g/mol. The Labute approximate surface area is 156 Å². The summed E-state index contributed by atoms with van der Waals surface area (Å²) in [4.78, 5) is 0. The lowest BCUT2D eigenvalue weighted by atomic mass is 9.84. The highest BCUT2D eigenvalue weighted by Gasteiger charge is 2.51. The minimum Gasteiger partial charge on any atom is -0.403 e. The number of rotatable bonds is 7. The number of hydrogen-bond donors (Lipinski definition) is 0. The quantitative estimate of drug-likeness (QED) is 0.483. The van der Waals surface area contributed by atoms with Crippen LogP contribution in [-0.2, 0) is 9.31 Å². The van der Waals surface area contributed by atoms with Crippen molar-refractivity contribution in [1.82, 2.24) is 0 Å². The summed E-state index contributed by atoms with van der Waals surface area (Å²) >= 11 is 0. The lowest BCUT2D eigenvalue weighted by Gasteiger charge is -2.32. The third-order valence-electron chi connectivity index (χ3n) is 5.94. The van der Waals surface area contributed by atoms with Gasteiger partial charge >= 0.3 is 7.12 Å². The van der Waals surface area contributed by atoms with Crippen molar-refractivity contribution in [2.45, 2.75) is 84.5 Å². The van der Waals surface area contributed by atoms with Gasteiger partial charge in [0, 0.05) is 6.32 Å². The lowest BCUT2D eigenvalue weighted by molar-refractivity contribution is 0.00578. The Morgan fingerprint density at radius 1 is 1.04 bits per heavy atom. The molecule has 1 aromatic rings. The minimum absolute atomic E-state index is 0.145. The minimum atomic E-state index is -1.72. The summed E-state index contributed by atoms with van der Waals surface area (Å²) in [6.45, 7) is 15.7. The molecule has 0 aromatic heterocycles. The van der Waals surface area contributed by atoms with Gasteiger partial charge in [0.1, 0.15) is 8.07 Å². The molecule has 0 spiro atoms. The predicted octanol–water partition coefficient (Wildman–Crippen LogP) is 5.35. The SMILES string of the molecule is CCCC/C=C(/CB1OC(C)(C)C(C)(C)O1)[Si](C)(C)c1ccccc1. The third-order valence-corrected chi connectivity index (χ3v) is 9.73. The van der Waals surface area contributed by atoms with E-state index < -0.39 is 8.07 Å². The van der Waals surface area contributed by atoms with Gasteiger partial charge < -0.3 is 9.31 Å². The summed E-state index contributed by atoms with van der Waals surface area (Å²) in [5.74, 6) is 0. The Kier molecular flexibility index (Phi) is 6.40. The summed E-state index contributed by atoms with van der Waals surface area (Å²) in [6, 6.07) is 11.0. The number of hydrogen-bond acceptors (Lipinski definition) is 2. The number of unbranched alkanes of at least 4 members (excludes halogenated alkanes) is 2. The van der Waals surface area contributed by atoms with Gasteiger partial charge in [-0.15, -0.1) is 0 Å². The molecule has 0 saturated carbocycles. The molecule has 1 fully saturated rings. The summed E-state index contributed by atoms with van der Waals surface area (Å²) < 4.78 is 12.6. The fraction of sp³-hybridized carbons (Fsp3) is 0.619. The molecule has 0 atom stereocenters. The van der Waals surface area contributed by atoms with Crippen molar-refractivity contribution in [3.8, 4) is 0 Å². The molecular weight excluding hydrogens is 323 g/mol. The molecule has 0 N–H and O–H groups in total. The van der Waals surface area contributed by atoms with Gasteiger partial charge in [0.25, 0.3) is 0 Å². The Hall–Kier alpha value is -0.838. The molecule has 2 nitrogen and oxygen atoms in total. The van der Waals surface area contributed by atoms with E-state index in [0.717, 1.165) is 12.7 Å². The van der Waals surface area contributed by atoms with E-state index >= 15 is 0 Å². The first-order valence-electron chi connectivity index (χ1n) is 9.71. The highest BCUT2D eigenvalue weighted by Crippen LogP contribution is 2.39. The number of benzene rings is 1. The zero-order chi connectivity index (χ0) is 18.7. The zero-order valence-electron chi connectivity index (χ0n) is 17.2. The van der Waals surface area contributed by atoms with Crippen LogP contribution < -0.4 is 5.19 Å². The van der Waals surface area contributed by atoms with Crippen molar-refractivity contribution >= 4 is 20.4 Å². The van der Waals surface area contributed by atoms with E-state index in [1.54, 1.807) is 5.20 Å².